The molecular weight excluding hydrogens is 412 g/mol. The number of rotatable bonds is 4. The summed E-state index contributed by atoms with van der Waals surface area (Å²) in [7, 11) is 0. The van der Waals surface area contributed by atoms with E-state index in [2.05, 4.69) is 4.98 Å². The molecule has 2 aromatic carbocycles. The molecule has 7 heteroatoms. The molecule has 3 heterocycles. The van der Waals surface area contributed by atoms with E-state index in [-0.39, 0.29) is 17.1 Å². The van der Waals surface area contributed by atoms with Gasteiger partial charge in [0.25, 0.3) is 5.91 Å². The molecule has 0 bridgehead atoms. The predicted molar refractivity (Wildman–Crippen MR) is 120 cm³/mol. The number of ether oxygens (including phenoxy) is 1. The van der Waals surface area contributed by atoms with Gasteiger partial charge in [0.05, 0.1) is 23.6 Å². The minimum absolute atomic E-state index is 0.0786. The Hall–Kier alpha value is -3.45. The van der Waals surface area contributed by atoms with Gasteiger partial charge in [0.1, 0.15) is 11.3 Å². The lowest BCUT2D eigenvalue weighted by atomic mass is 9.97. The summed E-state index contributed by atoms with van der Waals surface area (Å²) in [6.07, 6.45) is 1.64. The monoisotopic (exact) mass is 432 g/mol. The Bertz CT molecular complexity index is 1360. The van der Waals surface area contributed by atoms with Crippen LogP contribution in [0.2, 0.25) is 0 Å². The number of carbonyl (C=O) groups is 1. The van der Waals surface area contributed by atoms with Crippen LogP contribution < -0.4 is 15.1 Å². The van der Waals surface area contributed by atoms with E-state index in [0.717, 1.165) is 22.4 Å². The van der Waals surface area contributed by atoms with Crippen LogP contribution in [0.3, 0.4) is 0 Å². The van der Waals surface area contributed by atoms with Gasteiger partial charge in [-0.05, 0) is 61.7 Å². The maximum absolute atomic E-state index is 13.6. The summed E-state index contributed by atoms with van der Waals surface area (Å²) in [6.45, 7) is 6.39. The van der Waals surface area contributed by atoms with Crippen molar-refractivity contribution in [3.05, 3.63) is 86.2 Å². The molecule has 1 amide bonds. The van der Waals surface area contributed by atoms with Gasteiger partial charge in [-0.1, -0.05) is 12.1 Å². The van der Waals surface area contributed by atoms with E-state index in [1.54, 1.807) is 16.5 Å². The highest BCUT2D eigenvalue weighted by molar-refractivity contribution is 7.13. The van der Waals surface area contributed by atoms with Crippen LogP contribution in [0.1, 0.15) is 45.8 Å². The SMILES string of the molecule is CCOc1ccc([C@H]2c3c(oc4cc(C)c(C)cc4c3=O)C(=O)N2c2nccs2)cc1. The van der Waals surface area contributed by atoms with Crippen molar-refractivity contribution in [1.82, 2.24) is 4.98 Å². The molecule has 0 fully saturated rings. The molecule has 1 atom stereocenters. The molecule has 0 aliphatic carbocycles. The van der Waals surface area contributed by atoms with Gasteiger partial charge in [-0.25, -0.2) is 4.98 Å². The van der Waals surface area contributed by atoms with Gasteiger partial charge in [0.15, 0.2) is 10.6 Å². The van der Waals surface area contributed by atoms with Crippen molar-refractivity contribution in [2.45, 2.75) is 26.8 Å². The van der Waals surface area contributed by atoms with Gasteiger partial charge in [0.2, 0.25) is 5.76 Å². The first-order valence-corrected chi connectivity index (χ1v) is 10.9. The van der Waals surface area contributed by atoms with Crippen LogP contribution in [0.25, 0.3) is 11.0 Å². The van der Waals surface area contributed by atoms with Gasteiger partial charge >= 0.3 is 0 Å². The van der Waals surface area contributed by atoms with Crippen LogP contribution >= 0.6 is 11.3 Å². The second kappa shape index (κ2) is 7.35. The van der Waals surface area contributed by atoms with E-state index >= 15 is 0 Å². The molecule has 0 N–H and O–H groups in total. The van der Waals surface area contributed by atoms with Crippen molar-refractivity contribution in [2.24, 2.45) is 0 Å². The van der Waals surface area contributed by atoms with Crippen LogP contribution in [0.4, 0.5) is 5.13 Å². The first-order valence-electron chi connectivity index (χ1n) is 10.0. The lowest BCUT2D eigenvalue weighted by Gasteiger charge is -2.22. The molecule has 156 valence electrons. The molecule has 0 spiro atoms. The fourth-order valence-corrected chi connectivity index (χ4v) is 4.66. The zero-order valence-electron chi connectivity index (χ0n) is 17.3. The third kappa shape index (κ3) is 3.04. The Morgan fingerprint density at radius 3 is 2.55 bits per heavy atom. The number of aryl methyl sites for hydroxylation is 2. The van der Waals surface area contributed by atoms with Gasteiger partial charge in [-0.2, -0.15) is 0 Å². The van der Waals surface area contributed by atoms with Gasteiger partial charge in [-0.15, -0.1) is 11.3 Å². The molecule has 0 saturated carbocycles. The second-order valence-corrected chi connectivity index (χ2v) is 8.37. The minimum atomic E-state index is -0.619. The minimum Gasteiger partial charge on any atom is -0.494 e. The van der Waals surface area contributed by atoms with Crippen molar-refractivity contribution >= 4 is 33.3 Å². The number of thiazole rings is 1. The Labute approximate surface area is 182 Å². The summed E-state index contributed by atoms with van der Waals surface area (Å²) >= 11 is 1.34. The van der Waals surface area contributed by atoms with Crippen LogP contribution in [-0.2, 0) is 0 Å². The van der Waals surface area contributed by atoms with Crippen LogP contribution in [0, 0.1) is 13.8 Å². The lowest BCUT2D eigenvalue weighted by molar-refractivity contribution is 0.0971. The van der Waals surface area contributed by atoms with Crippen molar-refractivity contribution in [1.29, 1.82) is 0 Å². The van der Waals surface area contributed by atoms with E-state index in [9.17, 15) is 9.59 Å². The number of anilines is 1. The molecule has 0 saturated heterocycles. The molecule has 0 unspecified atom stereocenters. The maximum Gasteiger partial charge on any atom is 0.297 e. The highest BCUT2D eigenvalue weighted by Gasteiger charge is 2.44. The Kier molecular flexibility index (Phi) is 4.63. The molecule has 4 aromatic rings. The van der Waals surface area contributed by atoms with Crippen molar-refractivity contribution in [2.75, 3.05) is 11.5 Å². The zero-order valence-corrected chi connectivity index (χ0v) is 18.2. The number of hydrogen-bond donors (Lipinski definition) is 0. The van der Waals surface area contributed by atoms with Gasteiger partial charge < -0.3 is 9.15 Å². The van der Waals surface area contributed by atoms with Crippen molar-refractivity contribution in [3.8, 4) is 5.75 Å². The van der Waals surface area contributed by atoms with Crippen molar-refractivity contribution < 1.29 is 13.9 Å². The van der Waals surface area contributed by atoms with Crippen LogP contribution in [0.15, 0.2) is 57.2 Å². The molecule has 2 aromatic heterocycles. The van der Waals surface area contributed by atoms with Gasteiger partial charge in [-0.3, -0.25) is 14.5 Å². The van der Waals surface area contributed by atoms with E-state index < -0.39 is 6.04 Å². The Morgan fingerprint density at radius 1 is 1.13 bits per heavy atom. The number of fused-ring (bicyclic) bond motifs is 2. The third-order valence-electron chi connectivity index (χ3n) is 5.62. The van der Waals surface area contributed by atoms with Crippen LogP contribution in [-0.4, -0.2) is 17.5 Å². The zero-order chi connectivity index (χ0) is 21.7. The topological polar surface area (TPSA) is 72.6 Å². The van der Waals surface area contributed by atoms with E-state index in [4.69, 9.17) is 9.15 Å². The second-order valence-electron chi connectivity index (χ2n) is 7.50. The van der Waals surface area contributed by atoms with E-state index in [0.29, 0.717) is 28.3 Å². The average molecular weight is 433 g/mol. The highest BCUT2D eigenvalue weighted by Crippen LogP contribution is 2.42. The van der Waals surface area contributed by atoms with Crippen molar-refractivity contribution in [3.63, 3.8) is 0 Å². The first kappa shape index (κ1) is 19.5. The Balaban J connectivity index is 1.77. The smallest absolute Gasteiger partial charge is 0.297 e. The fourth-order valence-electron chi connectivity index (χ4n) is 3.99. The lowest BCUT2D eigenvalue weighted by Crippen LogP contribution is -2.29. The number of amides is 1. The standard InChI is InChI=1S/C24H20N2O4S/c1-4-29-16-7-5-15(6-8-16)20-19-21(27)17-11-13(2)14(3)12-18(17)30-22(19)23(28)26(20)24-25-9-10-31-24/h5-12,20H,4H2,1-3H3/t20-/m0/s1. The number of nitrogens with zero attached hydrogens (tertiary/aromatic N) is 2. The van der Waals surface area contributed by atoms with E-state index in [1.807, 2.05) is 57.2 Å². The Morgan fingerprint density at radius 2 is 1.87 bits per heavy atom. The molecule has 1 aliphatic heterocycles. The molecule has 1 aliphatic rings. The summed E-state index contributed by atoms with van der Waals surface area (Å²) in [5.74, 6) is 0.448. The number of carbonyl (C=O) groups excluding carboxylic acids is 1. The molecule has 6 nitrogen and oxygen atoms in total. The van der Waals surface area contributed by atoms with Crippen LogP contribution in [0.5, 0.6) is 5.75 Å². The summed E-state index contributed by atoms with van der Waals surface area (Å²) < 4.78 is 11.6. The normalized spacial score (nSPS) is 15.5. The number of benzene rings is 2. The average Bonchev–Trinajstić information content (AvgIpc) is 3.37. The molecular formula is C24H20N2O4S. The molecule has 31 heavy (non-hydrogen) atoms. The highest BCUT2D eigenvalue weighted by atomic mass is 32.1. The predicted octanol–water partition coefficient (Wildman–Crippen LogP) is 5.01. The van der Waals surface area contributed by atoms with E-state index in [1.165, 1.54) is 11.3 Å². The maximum atomic E-state index is 13.6. The summed E-state index contributed by atoms with van der Waals surface area (Å²) in [5, 5.41) is 2.80. The summed E-state index contributed by atoms with van der Waals surface area (Å²) in [4.78, 5) is 32.9. The summed E-state index contributed by atoms with van der Waals surface area (Å²) in [5.41, 5.74) is 3.37. The largest absolute Gasteiger partial charge is 0.494 e. The summed E-state index contributed by atoms with van der Waals surface area (Å²) in [6, 6.07) is 10.5. The number of hydrogen-bond acceptors (Lipinski definition) is 6. The third-order valence-corrected chi connectivity index (χ3v) is 6.39. The first-order chi connectivity index (χ1) is 15.0. The molecule has 5 rings (SSSR count). The molecule has 0 radical (unpaired) electrons. The quantitative estimate of drug-likeness (QED) is 0.453. The number of aromatic nitrogens is 1. The van der Waals surface area contributed by atoms with Gasteiger partial charge in [0, 0.05) is 11.6 Å². The fraction of sp³-hybridized carbons (Fsp3) is 0.208.